The molecule has 1 heterocycles. The molecule has 2 aromatic carbocycles. The van der Waals surface area contributed by atoms with E-state index in [0.717, 1.165) is 43.6 Å². The number of benzene rings is 2. The summed E-state index contributed by atoms with van der Waals surface area (Å²) in [4.78, 5) is 14.9. The maximum Gasteiger partial charge on any atom is 0.185 e. The maximum absolute atomic E-state index is 12.6. The standard InChI is InChI=1S/C25H30ClNO4/c1-3-15-31-25-22(26)16-18(17-24(25)30-4-2)5-10-23(29)19-6-8-20(9-7-19)27-13-11-21(28)12-14-27/h5-10,16-17,21,28H,3-4,11-15H2,1-2H3/b10-5+. The van der Waals surface area contributed by atoms with Crippen molar-refractivity contribution in [2.24, 2.45) is 0 Å². The number of ketones is 1. The Balaban J connectivity index is 1.70. The first-order chi connectivity index (χ1) is 15.0. The Morgan fingerprint density at radius 2 is 1.87 bits per heavy atom. The van der Waals surface area contributed by atoms with E-state index in [1.54, 1.807) is 18.2 Å². The fourth-order valence-electron chi connectivity index (χ4n) is 3.52. The highest BCUT2D eigenvalue weighted by atomic mass is 35.5. The van der Waals surface area contributed by atoms with Crippen LogP contribution >= 0.6 is 11.6 Å². The summed E-state index contributed by atoms with van der Waals surface area (Å²) in [6.45, 7) is 6.64. The molecule has 1 N–H and O–H groups in total. The monoisotopic (exact) mass is 443 g/mol. The number of ether oxygens (including phenoxy) is 2. The third-order valence-electron chi connectivity index (χ3n) is 5.19. The predicted molar refractivity (Wildman–Crippen MR) is 126 cm³/mol. The van der Waals surface area contributed by atoms with E-state index >= 15 is 0 Å². The van der Waals surface area contributed by atoms with Crippen molar-refractivity contribution >= 4 is 29.1 Å². The molecule has 0 aliphatic carbocycles. The molecule has 1 saturated heterocycles. The smallest absolute Gasteiger partial charge is 0.185 e. The van der Waals surface area contributed by atoms with Crippen molar-refractivity contribution in [3.8, 4) is 11.5 Å². The van der Waals surface area contributed by atoms with Crippen LogP contribution in [0.2, 0.25) is 5.02 Å². The van der Waals surface area contributed by atoms with Gasteiger partial charge in [0.2, 0.25) is 0 Å². The van der Waals surface area contributed by atoms with Gasteiger partial charge in [-0.1, -0.05) is 24.6 Å². The van der Waals surface area contributed by atoms with Crippen LogP contribution in [-0.2, 0) is 0 Å². The topological polar surface area (TPSA) is 59.0 Å². The van der Waals surface area contributed by atoms with Gasteiger partial charge in [-0.3, -0.25) is 4.79 Å². The van der Waals surface area contributed by atoms with Gasteiger partial charge in [-0.25, -0.2) is 0 Å². The van der Waals surface area contributed by atoms with Gasteiger partial charge < -0.3 is 19.5 Å². The Labute approximate surface area is 189 Å². The Kier molecular flexibility index (Phi) is 8.38. The SMILES string of the molecule is CCCOc1c(Cl)cc(/C=C/C(=O)c2ccc(N3CCC(O)CC3)cc2)cc1OCC. The predicted octanol–water partition coefficient (Wildman–Crippen LogP) is 5.38. The number of allylic oxidation sites excluding steroid dienone is 1. The first kappa shape index (κ1) is 23.2. The lowest BCUT2D eigenvalue weighted by atomic mass is 10.1. The van der Waals surface area contributed by atoms with Crippen LogP contribution in [0.5, 0.6) is 11.5 Å². The summed E-state index contributed by atoms with van der Waals surface area (Å²) < 4.78 is 11.4. The number of hydrogen-bond donors (Lipinski definition) is 1. The van der Waals surface area contributed by atoms with Crippen LogP contribution in [0.1, 0.15) is 49.0 Å². The van der Waals surface area contributed by atoms with Crippen molar-refractivity contribution in [2.45, 2.75) is 39.2 Å². The number of aliphatic hydroxyl groups excluding tert-OH is 1. The number of anilines is 1. The third-order valence-corrected chi connectivity index (χ3v) is 5.47. The van der Waals surface area contributed by atoms with E-state index in [2.05, 4.69) is 4.90 Å². The number of halogens is 1. The first-order valence-corrected chi connectivity index (χ1v) is 11.2. The molecule has 5 nitrogen and oxygen atoms in total. The zero-order chi connectivity index (χ0) is 22.2. The van der Waals surface area contributed by atoms with E-state index in [4.69, 9.17) is 21.1 Å². The van der Waals surface area contributed by atoms with E-state index in [-0.39, 0.29) is 11.9 Å². The molecule has 0 spiro atoms. The van der Waals surface area contributed by atoms with Crippen LogP contribution in [0.3, 0.4) is 0 Å². The Morgan fingerprint density at radius 1 is 1.16 bits per heavy atom. The van der Waals surface area contributed by atoms with E-state index in [1.165, 1.54) is 0 Å². The second-order valence-corrected chi connectivity index (χ2v) is 7.98. The molecule has 2 aromatic rings. The molecule has 0 unspecified atom stereocenters. The molecule has 3 rings (SSSR count). The van der Waals surface area contributed by atoms with Crippen molar-refractivity contribution in [3.05, 3.63) is 58.6 Å². The van der Waals surface area contributed by atoms with Crippen molar-refractivity contribution < 1.29 is 19.4 Å². The molecule has 6 heteroatoms. The highest BCUT2D eigenvalue weighted by molar-refractivity contribution is 6.32. The summed E-state index contributed by atoms with van der Waals surface area (Å²) in [6, 6.07) is 11.2. The van der Waals surface area contributed by atoms with Crippen molar-refractivity contribution in [2.75, 3.05) is 31.2 Å². The normalized spacial score (nSPS) is 14.8. The second kappa shape index (κ2) is 11.2. The zero-order valence-electron chi connectivity index (χ0n) is 18.1. The zero-order valence-corrected chi connectivity index (χ0v) is 18.9. The number of carbonyl (C=O) groups excluding carboxylic acids is 1. The lowest BCUT2D eigenvalue weighted by molar-refractivity contribution is 0.104. The molecule has 0 bridgehead atoms. The molecule has 0 radical (unpaired) electrons. The number of rotatable bonds is 9. The van der Waals surface area contributed by atoms with Crippen LogP contribution in [0.4, 0.5) is 5.69 Å². The summed E-state index contributed by atoms with van der Waals surface area (Å²) in [6.07, 6.45) is 5.50. The minimum absolute atomic E-state index is 0.0824. The molecule has 0 aromatic heterocycles. The van der Waals surface area contributed by atoms with Gasteiger partial charge in [0.15, 0.2) is 17.3 Å². The summed E-state index contributed by atoms with van der Waals surface area (Å²) in [7, 11) is 0. The molecular weight excluding hydrogens is 414 g/mol. The van der Waals surface area contributed by atoms with Crippen LogP contribution in [0.25, 0.3) is 6.08 Å². The number of piperidine rings is 1. The molecule has 1 fully saturated rings. The Bertz CT molecular complexity index is 902. The summed E-state index contributed by atoms with van der Waals surface area (Å²) in [5, 5.41) is 10.1. The van der Waals surface area contributed by atoms with Gasteiger partial charge in [0.25, 0.3) is 0 Å². The van der Waals surface area contributed by atoms with Crippen LogP contribution in [0, 0.1) is 0 Å². The van der Waals surface area contributed by atoms with E-state index in [0.29, 0.717) is 35.3 Å². The van der Waals surface area contributed by atoms with Crippen LogP contribution in [-0.4, -0.2) is 43.3 Å². The number of hydrogen-bond acceptors (Lipinski definition) is 5. The molecule has 0 atom stereocenters. The summed E-state index contributed by atoms with van der Waals surface area (Å²) in [5.74, 6) is 1.03. The molecule has 0 amide bonds. The molecule has 0 saturated carbocycles. The highest BCUT2D eigenvalue weighted by Gasteiger charge is 2.17. The highest BCUT2D eigenvalue weighted by Crippen LogP contribution is 2.37. The van der Waals surface area contributed by atoms with Gasteiger partial charge in [-0.15, -0.1) is 0 Å². The lowest BCUT2D eigenvalue weighted by Gasteiger charge is -2.31. The fourth-order valence-corrected chi connectivity index (χ4v) is 3.79. The minimum atomic E-state index is -0.203. The molecule has 1 aliphatic heterocycles. The lowest BCUT2D eigenvalue weighted by Crippen LogP contribution is -2.35. The van der Waals surface area contributed by atoms with Gasteiger partial charge in [0, 0.05) is 24.3 Å². The second-order valence-electron chi connectivity index (χ2n) is 7.57. The van der Waals surface area contributed by atoms with Gasteiger partial charge in [0.1, 0.15) is 0 Å². The number of aliphatic hydroxyl groups is 1. The van der Waals surface area contributed by atoms with Gasteiger partial charge in [0.05, 0.1) is 24.3 Å². The first-order valence-electron chi connectivity index (χ1n) is 10.9. The average molecular weight is 444 g/mol. The fraction of sp³-hybridized carbons (Fsp3) is 0.400. The molecule has 166 valence electrons. The molecular formula is C25H30ClNO4. The van der Waals surface area contributed by atoms with E-state index in [9.17, 15) is 9.90 Å². The summed E-state index contributed by atoms with van der Waals surface area (Å²) in [5.41, 5.74) is 2.47. The Morgan fingerprint density at radius 3 is 2.52 bits per heavy atom. The van der Waals surface area contributed by atoms with E-state index < -0.39 is 0 Å². The van der Waals surface area contributed by atoms with Crippen molar-refractivity contribution in [1.82, 2.24) is 0 Å². The largest absolute Gasteiger partial charge is 0.490 e. The third kappa shape index (κ3) is 6.25. The van der Waals surface area contributed by atoms with Crippen LogP contribution in [0.15, 0.2) is 42.5 Å². The maximum atomic E-state index is 12.6. The quantitative estimate of drug-likeness (QED) is 0.416. The van der Waals surface area contributed by atoms with Crippen LogP contribution < -0.4 is 14.4 Å². The molecule has 31 heavy (non-hydrogen) atoms. The van der Waals surface area contributed by atoms with Crippen molar-refractivity contribution in [1.29, 1.82) is 0 Å². The molecule has 1 aliphatic rings. The van der Waals surface area contributed by atoms with Crippen molar-refractivity contribution in [3.63, 3.8) is 0 Å². The minimum Gasteiger partial charge on any atom is -0.490 e. The van der Waals surface area contributed by atoms with E-state index in [1.807, 2.05) is 44.2 Å². The number of carbonyl (C=O) groups is 1. The van der Waals surface area contributed by atoms with Gasteiger partial charge in [-0.05, 0) is 74.2 Å². The average Bonchev–Trinajstić information content (AvgIpc) is 2.78. The van der Waals surface area contributed by atoms with Gasteiger partial charge in [-0.2, -0.15) is 0 Å². The van der Waals surface area contributed by atoms with Gasteiger partial charge >= 0.3 is 0 Å². The number of nitrogens with zero attached hydrogens (tertiary/aromatic N) is 1. The summed E-state index contributed by atoms with van der Waals surface area (Å²) >= 11 is 6.39. The Hall–Kier alpha value is -2.50.